The first-order chi connectivity index (χ1) is 5.62. The summed E-state index contributed by atoms with van der Waals surface area (Å²) in [6, 6.07) is 0. The molecule has 12 heavy (non-hydrogen) atoms. The van der Waals surface area contributed by atoms with Crippen LogP contribution in [0.1, 0.15) is 33.1 Å². The summed E-state index contributed by atoms with van der Waals surface area (Å²) in [5, 5.41) is 0. The van der Waals surface area contributed by atoms with E-state index in [-0.39, 0.29) is 11.2 Å². The molecule has 0 atom stereocenters. The highest BCUT2D eigenvalue weighted by molar-refractivity contribution is 6.27. The molecule has 0 unspecified atom stereocenters. The molecule has 0 heterocycles. The van der Waals surface area contributed by atoms with E-state index in [0.717, 1.165) is 18.8 Å². The van der Waals surface area contributed by atoms with Crippen LogP contribution in [0.15, 0.2) is 11.6 Å². The summed E-state index contributed by atoms with van der Waals surface area (Å²) >= 11 is 5.35. The van der Waals surface area contributed by atoms with Gasteiger partial charge in [0.1, 0.15) is 0 Å². The summed E-state index contributed by atoms with van der Waals surface area (Å²) in [5.74, 6) is 0.935. The van der Waals surface area contributed by atoms with Crippen LogP contribution in [-0.2, 0) is 4.79 Å². The summed E-state index contributed by atoms with van der Waals surface area (Å²) in [6.07, 6.45) is 4.73. The molecule has 0 aliphatic heterocycles. The third-order valence-corrected chi connectivity index (χ3v) is 2.99. The summed E-state index contributed by atoms with van der Waals surface area (Å²) in [4.78, 5) is 11.4. The van der Waals surface area contributed by atoms with Gasteiger partial charge < -0.3 is 0 Å². The van der Waals surface area contributed by atoms with Gasteiger partial charge in [-0.05, 0) is 24.8 Å². The monoisotopic (exact) mass is 186 g/mol. The molecule has 0 amide bonds. The quantitative estimate of drug-likeness (QED) is 0.619. The molecule has 0 aromatic carbocycles. The van der Waals surface area contributed by atoms with Gasteiger partial charge >= 0.3 is 0 Å². The molecule has 1 fully saturated rings. The molecule has 1 saturated carbocycles. The van der Waals surface area contributed by atoms with Crippen LogP contribution >= 0.6 is 11.6 Å². The van der Waals surface area contributed by atoms with Crippen molar-refractivity contribution in [1.29, 1.82) is 0 Å². The van der Waals surface area contributed by atoms with Crippen LogP contribution in [-0.4, -0.2) is 5.78 Å². The highest BCUT2D eigenvalue weighted by atomic mass is 35.5. The molecule has 1 aliphatic rings. The van der Waals surface area contributed by atoms with Crippen molar-refractivity contribution in [2.45, 2.75) is 33.1 Å². The highest BCUT2D eigenvalue weighted by Crippen LogP contribution is 2.47. The average molecular weight is 187 g/mol. The zero-order valence-electron chi connectivity index (χ0n) is 7.64. The lowest BCUT2D eigenvalue weighted by Crippen LogP contribution is -2.40. The second kappa shape index (κ2) is 3.61. The molecule has 1 nitrogen and oxygen atoms in total. The molecule has 1 aliphatic carbocycles. The van der Waals surface area contributed by atoms with Crippen molar-refractivity contribution in [1.82, 2.24) is 0 Å². The van der Waals surface area contributed by atoms with Gasteiger partial charge in [-0.2, -0.15) is 0 Å². The molecule has 2 heteroatoms. The van der Waals surface area contributed by atoms with Crippen LogP contribution in [0.5, 0.6) is 0 Å². The van der Waals surface area contributed by atoms with Crippen LogP contribution in [0.4, 0.5) is 0 Å². The average Bonchev–Trinajstić information content (AvgIpc) is 1.99. The van der Waals surface area contributed by atoms with Crippen LogP contribution < -0.4 is 0 Å². The van der Waals surface area contributed by atoms with Gasteiger partial charge in [-0.15, -0.1) is 0 Å². The largest absolute Gasteiger partial charge is 0.294 e. The first-order valence-corrected chi connectivity index (χ1v) is 4.87. The van der Waals surface area contributed by atoms with Crippen molar-refractivity contribution >= 4 is 17.4 Å². The first-order valence-electron chi connectivity index (χ1n) is 4.43. The van der Waals surface area contributed by atoms with Crippen LogP contribution in [0.2, 0.25) is 0 Å². The lowest BCUT2D eigenvalue weighted by molar-refractivity contribution is -0.130. The Morgan fingerprint density at radius 3 is 2.67 bits per heavy atom. The number of hydrogen-bond acceptors (Lipinski definition) is 1. The zero-order chi connectivity index (χ0) is 9.19. The van der Waals surface area contributed by atoms with E-state index in [0.29, 0.717) is 0 Å². The summed E-state index contributed by atoms with van der Waals surface area (Å²) in [5.41, 5.74) is 1.21. The Morgan fingerprint density at radius 2 is 2.25 bits per heavy atom. The fourth-order valence-corrected chi connectivity index (χ4v) is 2.08. The van der Waals surface area contributed by atoms with Crippen molar-refractivity contribution < 1.29 is 4.79 Å². The van der Waals surface area contributed by atoms with E-state index in [9.17, 15) is 4.79 Å². The lowest BCUT2D eigenvalue weighted by atomic mass is 9.60. The van der Waals surface area contributed by atoms with Gasteiger partial charge in [-0.25, -0.2) is 0 Å². The van der Waals surface area contributed by atoms with E-state index in [4.69, 9.17) is 11.6 Å². The zero-order valence-corrected chi connectivity index (χ0v) is 8.40. The number of carbonyl (C=O) groups is 1. The normalized spacial score (nSPS) is 35.1. The van der Waals surface area contributed by atoms with Gasteiger partial charge in [0, 0.05) is 11.0 Å². The Kier molecular flexibility index (Phi) is 2.94. The summed E-state index contributed by atoms with van der Waals surface area (Å²) in [6.45, 7) is 4.20. The number of hydrogen-bond donors (Lipinski definition) is 0. The minimum absolute atomic E-state index is 0.105. The Balaban J connectivity index is 2.49. The standard InChI is InChI=1S/C10H15ClO/c1-3-8-6-10(2,7-8)9(12)4-5-11/h4-5,8H,3,6-7H2,1-2H3/b5-4+. The third kappa shape index (κ3) is 1.71. The highest BCUT2D eigenvalue weighted by Gasteiger charge is 2.43. The number of allylic oxidation sites excluding steroid dienone is 1. The Bertz CT molecular complexity index is 202. The first kappa shape index (κ1) is 9.79. The lowest BCUT2D eigenvalue weighted by Gasteiger charge is -2.43. The van der Waals surface area contributed by atoms with Gasteiger partial charge in [0.2, 0.25) is 0 Å². The van der Waals surface area contributed by atoms with E-state index in [1.807, 2.05) is 6.92 Å². The van der Waals surface area contributed by atoms with Crippen LogP contribution in [0.3, 0.4) is 0 Å². The van der Waals surface area contributed by atoms with Gasteiger partial charge in [0.15, 0.2) is 5.78 Å². The molecule has 0 aromatic heterocycles. The Morgan fingerprint density at radius 1 is 1.67 bits per heavy atom. The van der Waals surface area contributed by atoms with E-state index in [2.05, 4.69) is 6.92 Å². The minimum Gasteiger partial charge on any atom is -0.294 e. The second-order valence-electron chi connectivity index (χ2n) is 3.90. The van der Waals surface area contributed by atoms with E-state index >= 15 is 0 Å². The fourth-order valence-electron chi connectivity index (χ4n) is 1.96. The maximum atomic E-state index is 11.4. The fraction of sp³-hybridized carbons (Fsp3) is 0.700. The van der Waals surface area contributed by atoms with E-state index < -0.39 is 0 Å². The maximum Gasteiger partial charge on any atom is 0.162 e. The molecule has 0 bridgehead atoms. The van der Waals surface area contributed by atoms with Gasteiger partial charge in [0.25, 0.3) is 0 Å². The van der Waals surface area contributed by atoms with Crippen molar-refractivity contribution in [3.05, 3.63) is 11.6 Å². The molecular formula is C10H15ClO. The predicted octanol–water partition coefficient (Wildman–Crippen LogP) is 3.13. The topological polar surface area (TPSA) is 17.1 Å². The van der Waals surface area contributed by atoms with Crippen LogP contribution in [0, 0.1) is 11.3 Å². The molecule has 1 rings (SSSR count). The van der Waals surface area contributed by atoms with Gasteiger partial charge in [-0.3, -0.25) is 4.79 Å². The van der Waals surface area contributed by atoms with Crippen molar-refractivity contribution in [2.75, 3.05) is 0 Å². The molecule has 0 saturated heterocycles. The molecule has 0 spiro atoms. The van der Waals surface area contributed by atoms with Crippen LogP contribution in [0.25, 0.3) is 0 Å². The van der Waals surface area contributed by atoms with Crippen molar-refractivity contribution in [3.63, 3.8) is 0 Å². The molecular weight excluding hydrogens is 172 g/mol. The summed E-state index contributed by atoms with van der Waals surface area (Å²) < 4.78 is 0. The van der Waals surface area contributed by atoms with Gasteiger partial charge in [0.05, 0.1) is 0 Å². The second-order valence-corrected chi connectivity index (χ2v) is 4.15. The number of ketones is 1. The third-order valence-electron chi connectivity index (χ3n) is 2.86. The number of halogens is 1. The van der Waals surface area contributed by atoms with Gasteiger partial charge in [-0.1, -0.05) is 31.9 Å². The van der Waals surface area contributed by atoms with E-state index in [1.54, 1.807) is 0 Å². The number of rotatable bonds is 3. The van der Waals surface area contributed by atoms with E-state index in [1.165, 1.54) is 18.0 Å². The minimum atomic E-state index is -0.105. The SMILES string of the molecule is CCC1CC(C)(C(=O)/C=C/Cl)C1. The number of carbonyl (C=O) groups excluding carboxylic acids is 1. The predicted molar refractivity (Wildman–Crippen MR) is 51.1 cm³/mol. The summed E-state index contributed by atoms with van der Waals surface area (Å²) in [7, 11) is 0. The molecule has 68 valence electrons. The van der Waals surface area contributed by atoms with Crippen molar-refractivity contribution in [3.8, 4) is 0 Å². The molecule has 0 radical (unpaired) electrons. The maximum absolute atomic E-state index is 11.4. The van der Waals surface area contributed by atoms with Crippen molar-refractivity contribution in [2.24, 2.45) is 11.3 Å². The Hall–Kier alpha value is -0.300. The molecule has 0 aromatic rings. The Labute approximate surface area is 78.8 Å². The molecule has 0 N–H and O–H groups in total. The smallest absolute Gasteiger partial charge is 0.162 e.